The van der Waals surface area contributed by atoms with Crippen LogP contribution in [0.5, 0.6) is 0 Å². The van der Waals surface area contributed by atoms with Gasteiger partial charge in [0.05, 0.1) is 11.5 Å². The lowest BCUT2D eigenvalue weighted by Gasteiger charge is -2.26. The Hall–Kier alpha value is -1.89. The Kier molecular flexibility index (Phi) is 5.64. The second kappa shape index (κ2) is 7.34. The van der Waals surface area contributed by atoms with Gasteiger partial charge in [-0.05, 0) is 44.4 Å². The molecular formula is C17H24N2O4S. The van der Waals surface area contributed by atoms with Crippen LogP contribution in [-0.2, 0) is 19.4 Å². The van der Waals surface area contributed by atoms with E-state index in [1.165, 1.54) is 4.90 Å². The molecule has 6 nitrogen and oxygen atoms in total. The van der Waals surface area contributed by atoms with Crippen LogP contribution in [0.15, 0.2) is 18.2 Å². The smallest absolute Gasteiger partial charge is 0.233 e. The van der Waals surface area contributed by atoms with Gasteiger partial charge in [-0.25, -0.2) is 8.42 Å². The standard InChI is InChI=1S/C17H24N2O4S/c1-4-19(14-8-9-24(22,23)11-14)17(21)10-16(20)18-15-7-5-6-12(2)13(15)3/h5-7,14H,4,8-11H2,1-3H3,(H,18,20). The molecule has 2 rings (SSSR count). The van der Waals surface area contributed by atoms with Crippen LogP contribution in [0.3, 0.4) is 0 Å². The fraction of sp³-hybridized carbons (Fsp3) is 0.529. The minimum atomic E-state index is -3.07. The van der Waals surface area contributed by atoms with Gasteiger partial charge >= 0.3 is 0 Å². The lowest BCUT2D eigenvalue weighted by molar-refractivity contribution is -0.135. The Morgan fingerprint density at radius 3 is 2.58 bits per heavy atom. The highest BCUT2D eigenvalue weighted by atomic mass is 32.2. The summed E-state index contributed by atoms with van der Waals surface area (Å²) in [6.45, 7) is 6.06. The predicted octanol–water partition coefficient (Wildman–Crippen LogP) is 1.67. The lowest BCUT2D eigenvalue weighted by Crippen LogP contribution is -2.42. The molecule has 0 spiro atoms. The molecule has 1 fully saturated rings. The summed E-state index contributed by atoms with van der Waals surface area (Å²) in [5.41, 5.74) is 2.72. The third kappa shape index (κ3) is 4.35. The van der Waals surface area contributed by atoms with E-state index in [0.29, 0.717) is 18.7 Å². The van der Waals surface area contributed by atoms with E-state index < -0.39 is 9.84 Å². The van der Waals surface area contributed by atoms with Crippen molar-refractivity contribution in [3.05, 3.63) is 29.3 Å². The van der Waals surface area contributed by atoms with Crippen molar-refractivity contribution in [1.29, 1.82) is 0 Å². The number of carbonyl (C=O) groups excluding carboxylic acids is 2. The Labute approximate surface area is 143 Å². The second-order valence-corrected chi connectivity index (χ2v) is 8.44. The van der Waals surface area contributed by atoms with Crippen molar-refractivity contribution in [3.8, 4) is 0 Å². The zero-order chi connectivity index (χ0) is 17.9. The number of rotatable bonds is 5. The molecule has 1 aromatic carbocycles. The number of aryl methyl sites for hydroxylation is 1. The van der Waals surface area contributed by atoms with Crippen LogP contribution in [0.2, 0.25) is 0 Å². The molecule has 7 heteroatoms. The Bertz CT molecular complexity index is 743. The van der Waals surface area contributed by atoms with Gasteiger partial charge in [0.2, 0.25) is 11.8 Å². The van der Waals surface area contributed by atoms with Crippen LogP contribution >= 0.6 is 0 Å². The van der Waals surface area contributed by atoms with Crippen LogP contribution in [-0.4, -0.2) is 49.2 Å². The molecule has 0 aliphatic carbocycles. The summed E-state index contributed by atoms with van der Waals surface area (Å²) in [4.78, 5) is 26.1. The summed E-state index contributed by atoms with van der Waals surface area (Å²) in [7, 11) is -3.07. The summed E-state index contributed by atoms with van der Waals surface area (Å²) in [5, 5.41) is 2.76. The first-order valence-corrected chi connectivity index (χ1v) is 9.91. The van der Waals surface area contributed by atoms with Crippen LogP contribution in [0.4, 0.5) is 5.69 Å². The van der Waals surface area contributed by atoms with E-state index in [1.54, 1.807) is 13.0 Å². The number of hydrogen-bond acceptors (Lipinski definition) is 4. The maximum atomic E-state index is 12.4. The van der Waals surface area contributed by atoms with Gasteiger partial charge in [-0.15, -0.1) is 0 Å². The second-order valence-electron chi connectivity index (χ2n) is 6.21. The summed E-state index contributed by atoms with van der Waals surface area (Å²) in [6.07, 6.45) is 0.165. The van der Waals surface area contributed by atoms with Crippen molar-refractivity contribution >= 4 is 27.3 Å². The molecule has 2 amide bonds. The normalized spacial score (nSPS) is 19.0. The van der Waals surface area contributed by atoms with Gasteiger partial charge < -0.3 is 10.2 Å². The number of amides is 2. The quantitative estimate of drug-likeness (QED) is 0.817. The topological polar surface area (TPSA) is 83.6 Å². The van der Waals surface area contributed by atoms with Gasteiger partial charge in [-0.3, -0.25) is 9.59 Å². The fourth-order valence-corrected chi connectivity index (χ4v) is 4.71. The van der Waals surface area contributed by atoms with E-state index >= 15 is 0 Å². The van der Waals surface area contributed by atoms with Crippen molar-refractivity contribution in [2.24, 2.45) is 0 Å². The Morgan fingerprint density at radius 1 is 1.29 bits per heavy atom. The van der Waals surface area contributed by atoms with Crippen molar-refractivity contribution in [2.75, 3.05) is 23.4 Å². The van der Waals surface area contributed by atoms with Gasteiger partial charge in [0.15, 0.2) is 9.84 Å². The molecule has 1 atom stereocenters. The highest BCUT2D eigenvalue weighted by Crippen LogP contribution is 2.20. The molecule has 0 radical (unpaired) electrons. The number of carbonyl (C=O) groups is 2. The minimum Gasteiger partial charge on any atom is -0.338 e. The zero-order valence-corrected chi connectivity index (χ0v) is 15.1. The average molecular weight is 352 g/mol. The van der Waals surface area contributed by atoms with Crippen LogP contribution in [0.1, 0.15) is 30.9 Å². The molecule has 24 heavy (non-hydrogen) atoms. The first-order chi connectivity index (χ1) is 11.2. The molecule has 0 aromatic heterocycles. The van der Waals surface area contributed by atoms with Crippen LogP contribution in [0.25, 0.3) is 0 Å². The summed E-state index contributed by atoms with van der Waals surface area (Å²) in [6, 6.07) is 5.28. The summed E-state index contributed by atoms with van der Waals surface area (Å²) >= 11 is 0. The molecule has 1 aliphatic rings. The van der Waals surface area contributed by atoms with E-state index in [4.69, 9.17) is 0 Å². The number of anilines is 1. The molecule has 0 bridgehead atoms. The van der Waals surface area contributed by atoms with Crippen LogP contribution in [0, 0.1) is 13.8 Å². The number of nitrogens with one attached hydrogen (secondary N) is 1. The molecule has 1 N–H and O–H groups in total. The summed E-state index contributed by atoms with van der Waals surface area (Å²) < 4.78 is 23.2. The van der Waals surface area contributed by atoms with Crippen molar-refractivity contribution in [2.45, 2.75) is 39.7 Å². The molecular weight excluding hydrogens is 328 g/mol. The van der Waals surface area contributed by atoms with Crippen molar-refractivity contribution in [1.82, 2.24) is 4.90 Å². The van der Waals surface area contributed by atoms with Gasteiger partial charge in [-0.1, -0.05) is 12.1 Å². The third-order valence-electron chi connectivity index (χ3n) is 4.50. The first kappa shape index (κ1) is 18.4. The van der Waals surface area contributed by atoms with Crippen molar-refractivity contribution in [3.63, 3.8) is 0 Å². The lowest BCUT2D eigenvalue weighted by atomic mass is 10.1. The fourth-order valence-electron chi connectivity index (χ4n) is 2.98. The molecule has 1 unspecified atom stereocenters. The van der Waals surface area contributed by atoms with E-state index in [9.17, 15) is 18.0 Å². The van der Waals surface area contributed by atoms with Gasteiger partial charge in [-0.2, -0.15) is 0 Å². The molecule has 1 heterocycles. The Morgan fingerprint density at radius 2 is 2.00 bits per heavy atom. The number of hydrogen-bond donors (Lipinski definition) is 1. The van der Waals surface area contributed by atoms with Crippen molar-refractivity contribution < 1.29 is 18.0 Å². The minimum absolute atomic E-state index is 0.00874. The van der Waals surface area contributed by atoms with Gasteiger partial charge in [0, 0.05) is 18.3 Å². The molecule has 1 aliphatic heterocycles. The maximum Gasteiger partial charge on any atom is 0.233 e. The molecule has 0 saturated carbocycles. The zero-order valence-electron chi connectivity index (χ0n) is 14.3. The van der Waals surface area contributed by atoms with Gasteiger partial charge in [0.1, 0.15) is 6.42 Å². The highest BCUT2D eigenvalue weighted by molar-refractivity contribution is 7.91. The monoisotopic (exact) mass is 352 g/mol. The predicted molar refractivity (Wildman–Crippen MR) is 93.6 cm³/mol. The number of sulfone groups is 1. The molecule has 1 saturated heterocycles. The summed E-state index contributed by atoms with van der Waals surface area (Å²) in [5.74, 6) is -0.614. The molecule has 132 valence electrons. The highest BCUT2D eigenvalue weighted by Gasteiger charge is 2.34. The third-order valence-corrected chi connectivity index (χ3v) is 6.25. The number of benzene rings is 1. The van der Waals surface area contributed by atoms with E-state index in [0.717, 1.165) is 11.1 Å². The van der Waals surface area contributed by atoms with Gasteiger partial charge in [0.25, 0.3) is 0 Å². The first-order valence-electron chi connectivity index (χ1n) is 8.09. The van der Waals surface area contributed by atoms with E-state index in [2.05, 4.69) is 5.32 Å². The number of nitrogens with zero attached hydrogens (tertiary/aromatic N) is 1. The molecule has 1 aromatic rings. The average Bonchev–Trinajstić information content (AvgIpc) is 2.84. The Balaban J connectivity index is 2.00. The largest absolute Gasteiger partial charge is 0.338 e. The van der Waals surface area contributed by atoms with Crippen LogP contribution < -0.4 is 5.32 Å². The van der Waals surface area contributed by atoms with E-state index in [1.807, 2.05) is 26.0 Å². The maximum absolute atomic E-state index is 12.4. The van der Waals surface area contributed by atoms with E-state index in [-0.39, 0.29) is 35.8 Å². The SMILES string of the molecule is CCN(C(=O)CC(=O)Nc1cccc(C)c1C)C1CCS(=O)(=O)C1.